The molecule has 1 heterocycles. The number of benzene rings is 1. The Bertz CT molecular complexity index is 535. The number of hydrogen-bond donors (Lipinski definition) is 1. The average Bonchev–Trinajstić information content (AvgIpc) is 2.74. The van der Waals surface area contributed by atoms with Crippen LogP contribution in [0.2, 0.25) is 0 Å². The van der Waals surface area contributed by atoms with E-state index < -0.39 is 29.7 Å². The fraction of sp³-hybridized carbons (Fsp3) is 0.385. The van der Waals surface area contributed by atoms with Crippen molar-refractivity contribution in [1.29, 1.82) is 0 Å². The first kappa shape index (κ1) is 14.0. The lowest BCUT2D eigenvalue weighted by molar-refractivity contribution is -0.142. The molecule has 4 nitrogen and oxygen atoms in total. The molecule has 2 unspecified atom stereocenters. The van der Waals surface area contributed by atoms with Crippen LogP contribution in [0.4, 0.5) is 4.39 Å². The van der Waals surface area contributed by atoms with Gasteiger partial charge in [-0.05, 0) is 41.4 Å². The molecular weight excluding hydrogens is 317 g/mol. The SMILES string of the molecule is CC1C(C(=O)O)CCN1C(=O)c1cccc(Br)c1F. The zero-order valence-corrected chi connectivity index (χ0v) is 11.9. The highest BCUT2D eigenvalue weighted by atomic mass is 79.9. The molecule has 0 radical (unpaired) electrons. The highest BCUT2D eigenvalue weighted by Crippen LogP contribution is 2.28. The number of halogens is 2. The van der Waals surface area contributed by atoms with Crippen LogP contribution in [0.5, 0.6) is 0 Å². The Hall–Kier alpha value is -1.43. The van der Waals surface area contributed by atoms with Crippen molar-refractivity contribution in [3.8, 4) is 0 Å². The summed E-state index contributed by atoms with van der Waals surface area (Å²) >= 11 is 3.03. The summed E-state index contributed by atoms with van der Waals surface area (Å²) in [5.41, 5.74) is -0.0349. The summed E-state index contributed by atoms with van der Waals surface area (Å²) in [7, 11) is 0. The second-order valence-electron chi connectivity index (χ2n) is 4.57. The van der Waals surface area contributed by atoms with Crippen molar-refractivity contribution < 1.29 is 19.1 Å². The van der Waals surface area contributed by atoms with E-state index in [1.165, 1.54) is 17.0 Å². The standard InChI is InChI=1S/C13H13BrFNO3/c1-7-8(13(18)19)5-6-16(7)12(17)9-3-2-4-10(14)11(9)15/h2-4,7-8H,5-6H2,1H3,(H,18,19). The van der Waals surface area contributed by atoms with Crippen LogP contribution in [0.15, 0.2) is 22.7 Å². The summed E-state index contributed by atoms with van der Waals surface area (Å²) in [5, 5.41) is 9.03. The molecular formula is C13H13BrFNO3. The van der Waals surface area contributed by atoms with Crippen molar-refractivity contribution in [2.24, 2.45) is 5.92 Å². The Balaban J connectivity index is 2.26. The van der Waals surface area contributed by atoms with Gasteiger partial charge < -0.3 is 10.0 Å². The minimum atomic E-state index is -0.919. The zero-order valence-electron chi connectivity index (χ0n) is 10.3. The summed E-state index contributed by atoms with van der Waals surface area (Å²) in [6.45, 7) is 2.02. The predicted octanol–water partition coefficient (Wildman–Crippen LogP) is 2.52. The first-order valence-corrected chi connectivity index (χ1v) is 6.70. The molecule has 1 aromatic rings. The molecule has 1 aromatic carbocycles. The van der Waals surface area contributed by atoms with Crippen molar-refractivity contribution in [2.45, 2.75) is 19.4 Å². The van der Waals surface area contributed by atoms with Crippen LogP contribution < -0.4 is 0 Å². The van der Waals surface area contributed by atoms with Gasteiger partial charge in [-0.2, -0.15) is 0 Å². The van der Waals surface area contributed by atoms with E-state index in [-0.39, 0.29) is 10.0 Å². The normalized spacial score (nSPS) is 22.6. The lowest BCUT2D eigenvalue weighted by Gasteiger charge is -2.23. The van der Waals surface area contributed by atoms with E-state index in [0.717, 1.165) is 0 Å². The molecule has 1 aliphatic heterocycles. The van der Waals surface area contributed by atoms with Gasteiger partial charge in [-0.25, -0.2) is 4.39 Å². The van der Waals surface area contributed by atoms with Gasteiger partial charge in [-0.15, -0.1) is 0 Å². The molecule has 1 N–H and O–H groups in total. The van der Waals surface area contributed by atoms with E-state index in [4.69, 9.17) is 5.11 Å². The molecule has 6 heteroatoms. The summed E-state index contributed by atoms with van der Waals surface area (Å²) in [6, 6.07) is 4.07. The van der Waals surface area contributed by atoms with Gasteiger partial charge in [-0.3, -0.25) is 9.59 Å². The topological polar surface area (TPSA) is 57.6 Å². The summed E-state index contributed by atoms with van der Waals surface area (Å²) < 4.78 is 14.1. The molecule has 0 aromatic heterocycles. The number of aliphatic carboxylic acids is 1. The van der Waals surface area contributed by atoms with Gasteiger partial charge in [-0.1, -0.05) is 6.07 Å². The van der Waals surface area contributed by atoms with Crippen molar-refractivity contribution in [1.82, 2.24) is 4.90 Å². The van der Waals surface area contributed by atoms with Crippen molar-refractivity contribution >= 4 is 27.8 Å². The summed E-state index contributed by atoms with van der Waals surface area (Å²) in [4.78, 5) is 24.7. The molecule has 1 aliphatic rings. The molecule has 1 saturated heterocycles. The first-order chi connectivity index (χ1) is 8.93. The highest BCUT2D eigenvalue weighted by Gasteiger charge is 2.39. The number of carboxylic acids is 1. The van der Waals surface area contributed by atoms with Gasteiger partial charge in [0.2, 0.25) is 0 Å². The quantitative estimate of drug-likeness (QED) is 0.907. The third-order valence-electron chi connectivity index (χ3n) is 3.52. The Morgan fingerprint density at radius 3 is 2.74 bits per heavy atom. The van der Waals surface area contributed by atoms with Crippen molar-refractivity contribution in [3.63, 3.8) is 0 Å². The largest absolute Gasteiger partial charge is 0.481 e. The molecule has 1 fully saturated rings. The maximum absolute atomic E-state index is 13.9. The lowest BCUT2D eigenvalue weighted by atomic mass is 10.0. The number of hydrogen-bond acceptors (Lipinski definition) is 2. The molecule has 0 spiro atoms. The fourth-order valence-electron chi connectivity index (χ4n) is 2.38. The number of carbonyl (C=O) groups is 2. The van der Waals surface area contributed by atoms with Crippen LogP contribution in [0, 0.1) is 11.7 Å². The maximum atomic E-state index is 13.9. The Morgan fingerprint density at radius 2 is 2.16 bits per heavy atom. The van der Waals surface area contributed by atoms with E-state index in [9.17, 15) is 14.0 Å². The van der Waals surface area contributed by atoms with E-state index in [2.05, 4.69) is 15.9 Å². The number of amides is 1. The van der Waals surface area contributed by atoms with Gasteiger partial charge >= 0.3 is 5.97 Å². The predicted molar refractivity (Wildman–Crippen MR) is 70.3 cm³/mol. The first-order valence-electron chi connectivity index (χ1n) is 5.91. The van der Waals surface area contributed by atoms with Crippen LogP contribution in [-0.4, -0.2) is 34.5 Å². The third-order valence-corrected chi connectivity index (χ3v) is 4.13. The number of carbonyl (C=O) groups excluding carboxylic acids is 1. The molecule has 19 heavy (non-hydrogen) atoms. The van der Waals surface area contributed by atoms with E-state index in [1.807, 2.05) is 0 Å². The van der Waals surface area contributed by atoms with E-state index in [0.29, 0.717) is 13.0 Å². The molecule has 2 atom stereocenters. The molecule has 0 bridgehead atoms. The van der Waals surface area contributed by atoms with Gasteiger partial charge in [0.25, 0.3) is 5.91 Å². The van der Waals surface area contributed by atoms with Crippen LogP contribution >= 0.6 is 15.9 Å². The second-order valence-corrected chi connectivity index (χ2v) is 5.43. The Kier molecular flexibility index (Phi) is 3.89. The molecule has 0 saturated carbocycles. The minimum absolute atomic E-state index is 0.0349. The van der Waals surface area contributed by atoms with Gasteiger partial charge in [0.15, 0.2) is 0 Å². The van der Waals surface area contributed by atoms with Crippen LogP contribution in [-0.2, 0) is 4.79 Å². The van der Waals surface area contributed by atoms with Gasteiger partial charge in [0, 0.05) is 12.6 Å². The second kappa shape index (κ2) is 5.28. The average molecular weight is 330 g/mol. The lowest BCUT2D eigenvalue weighted by Crippen LogP contribution is -2.38. The summed E-state index contributed by atoms with van der Waals surface area (Å²) in [5.74, 6) is -2.58. The summed E-state index contributed by atoms with van der Waals surface area (Å²) in [6.07, 6.45) is 0.401. The number of rotatable bonds is 2. The van der Waals surface area contributed by atoms with Crippen LogP contribution in [0.25, 0.3) is 0 Å². The number of carboxylic acid groups (broad SMARTS) is 1. The fourth-order valence-corrected chi connectivity index (χ4v) is 2.75. The van der Waals surface area contributed by atoms with E-state index in [1.54, 1.807) is 13.0 Å². The van der Waals surface area contributed by atoms with Crippen molar-refractivity contribution in [2.75, 3.05) is 6.54 Å². The molecule has 0 aliphatic carbocycles. The number of likely N-dealkylation sites (tertiary alicyclic amines) is 1. The van der Waals surface area contributed by atoms with E-state index >= 15 is 0 Å². The minimum Gasteiger partial charge on any atom is -0.481 e. The monoisotopic (exact) mass is 329 g/mol. The zero-order chi connectivity index (χ0) is 14.2. The number of nitrogens with zero attached hydrogens (tertiary/aromatic N) is 1. The maximum Gasteiger partial charge on any atom is 0.308 e. The molecule has 1 amide bonds. The molecule has 2 rings (SSSR count). The van der Waals surface area contributed by atoms with Crippen LogP contribution in [0.3, 0.4) is 0 Å². The van der Waals surface area contributed by atoms with Crippen molar-refractivity contribution in [3.05, 3.63) is 34.1 Å². The third kappa shape index (κ3) is 2.49. The highest BCUT2D eigenvalue weighted by molar-refractivity contribution is 9.10. The Labute approximate surface area is 118 Å². The van der Waals surface area contributed by atoms with Gasteiger partial charge in [0.1, 0.15) is 5.82 Å². The molecule has 102 valence electrons. The van der Waals surface area contributed by atoms with Gasteiger partial charge in [0.05, 0.1) is 16.0 Å². The van der Waals surface area contributed by atoms with Crippen LogP contribution in [0.1, 0.15) is 23.7 Å². The smallest absolute Gasteiger partial charge is 0.308 e. The Morgan fingerprint density at radius 1 is 1.47 bits per heavy atom.